The summed E-state index contributed by atoms with van der Waals surface area (Å²) in [4.78, 5) is 12.5. The lowest BCUT2D eigenvalue weighted by atomic mass is 9.90. The minimum Gasteiger partial charge on any atom is -0.496 e. The number of hydrogen-bond acceptors (Lipinski definition) is 5. The number of anilines is 1. The molecule has 1 atom stereocenters. The van der Waals surface area contributed by atoms with Gasteiger partial charge < -0.3 is 9.15 Å². The van der Waals surface area contributed by atoms with E-state index in [0.717, 1.165) is 24.2 Å². The van der Waals surface area contributed by atoms with Gasteiger partial charge in [0.25, 0.3) is 0 Å². The molecule has 0 aliphatic heterocycles. The van der Waals surface area contributed by atoms with Gasteiger partial charge in [0.1, 0.15) is 11.6 Å². The molecule has 6 nitrogen and oxygen atoms in total. The Morgan fingerprint density at radius 2 is 2.04 bits per heavy atom. The smallest absolute Gasteiger partial charge is 0.322 e. The maximum Gasteiger partial charge on any atom is 0.322 e. The van der Waals surface area contributed by atoms with Crippen LogP contribution in [0.5, 0.6) is 5.75 Å². The minimum absolute atomic E-state index is 0.00626. The fraction of sp³-hybridized carbons (Fsp3) is 0.286. The largest absolute Gasteiger partial charge is 0.496 e. The second-order valence-electron chi connectivity index (χ2n) is 6.40. The summed E-state index contributed by atoms with van der Waals surface area (Å²) >= 11 is 0. The predicted octanol–water partition coefficient (Wildman–Crippen LogP) is 4.80. The van der Waals surface area contributed by atoms with Crippen molar-refractivity contribution in [1.82, 2.24) is 10.2 Å². The van der Waals surface area contributed by atoms with Crippen LogP contribution in [0.25, 0.3) is 11.5 Å². The summed E-state index contributed by atoms with van der Waals surface area (Å²) in [6.07, 6.45) is 2.03. The van der Waals surface area contributed by atoms with E-state index in [1.165, 1.54) is 12.1 Å². The maximum absolute atomic E-state index is 13.3. The van der Waals surface area contributed by atoms with Crippen LogP contribution < -0.4 is 10.1 Å². The number of halogens is 1. The number of hydrogen-bond donors (Lipinski definition) is 1. The number of para-hydroxylation sites is 1. The summed E-state index contributed by atoms with van der Waals surface area (Å²) in [5, 5.41) is 10.3. The average Bonchev–Trinajstić information content (AvgIpc) is 3.16. The number of carbonyl (C=O) groups excluding carboxylic acids is 1. The zero-order valence-corrected chi connectivity index (χ0v) is 15.8. The molecule has 1 unspecified atom stereocenters. The topological polar surface area (TPSA) is 77.3 Å². The third-order valence-corrected chi connectivity index (χ3v) is 4.39. The van der Waals surface area contributed by atoms with Crippen molar-refractivity contribution in [2.24, 2.45) is 0 Å². The number of amides is 1. The Kier molecular flexibility index (Phi) is 6.37. The van der Waals surface area contributed by atoms with Crippen molar-refractivity contribution in [3.8, 4) is 17.2 Å². The lowest BCUT2D eigenvalue weighted by Crippen LogP contribution is -2.16. The number of ether oxygens (including phenoxy) is 1. The zero-order valence-electron chi connectivity index (χ0n) is 15.8. The van der Waals surface area contributed by atoms with Gasteiger partial charge in [-0.25, -0.2) is 4.39 Å². The molecule has 0 aliphatic rings. The summed E-state index contributed by atoms with van der Waals surface area (Å²) < 4.78 is 24.2. The fourth-order valence-electron chi connectivity index (χ4n) is 3.13. The third kappa shape index (κ3) is 4.73. The molecular weight excluding hydrogens is 361 g/mol. The number of methoxy groups -OCH3 is 1. The molecule has 7 heteroatoms. The summed E-state index contributed by atoms with van der Waals surface area (Å²) in [6, 6.07) is 13.5. The molecule has 0 aliphatic carbocycles. The predicted molar refractivity (Wildman–Crippen MR) is 104 cm³/mol. The summed E-state index contributed by atoms with van der Waals surface area (Å²) in [7, 11) is 1.62. The number of aromatic nitrogens is 2. The molecule has 0 radical (unpaired) electrons. The lowest BCUT2D eigenvalue weighted by Gasteiger charge is -2.18. The van der Waals surface area contributed by atoms with Crippen molar-refractivity contribution in [1.29, 1.82) is 0 Å². The van der Waals surface area contributed by atoms with E-state index in [2.05, 4.69) is 22.4 Å². The Morgan fingerprint density at radius 1 is 1.21 bits per heavy atom. The maximum atomic E-state index is 13.3. The van der Waals surface area contributed by atoms with Gasteiger partial charge in [-0.05, 0) is 42.2 Å². The zero-order chi connectivity index (χ0) is 19.9. The standard InChI is InChI=1S/C21H22FN3O3/c1-3-7-14(17-10-4-5-11-18(17)27-2)13-19(26)23-21-25-24-20(28-21)15-8-6-9-16(22)12-15/h4-6,8-12,14H,3,7,13H2,1-2H3,(H,23,25,26). The van der Waals surface area contributed by atoms with Gasteiger partial charge >= 0.3 is 6.01 Å². The average molecular weight is 383 g/mol. The molecule has 0 bridgehead atoms. The number of benzene rings is 2. The second kappa shape index (κ2) is 9.12. The van der Waals surface area contributed by atoms with Crippen molar-refractivity contribution in [3.63, 3.8) is 0 Å². The molecule has 0 saturated heterocycles. The summed E-state index contributed by atoms with van der Waals surface area (Å²) in [5.41, 5.74) is 1.44. The van der Waals surface area contributed by atoms with Gasteiger partial charge in [-0.2, -0.15) is 0 Å². The van der Waals surface area contributed by atoms with Gasteiger partial charge in [0.15, 0.2) is 0 Å². The van der Waals surface area contributed by atoms with E-state index in [1.54, 1.807) is 19.2 Å². The van der Waals surface area contributed by atoms with E-state index in [0.29, 0.717) is 5.56 Å². The first kappa shape index (κ1) is 19.5. The number of rotatable bonds is 8. The van der Waals surface area contributed by atoms with E-state index in [-0.39, 0.29) is 30.2 Å². The van der Waals surface area contributed by atoms with Crippen LogP contribution in [0.15, 0.2) is 52.9 Å². The van der Waals surface area contributed by atoms with Crippen LogP contribution >= 0.6 is 0 Å². The molecule has 1 amide bonds. The highest BCUT2D eigenvalue weighted by Gasteiger charge is 2.20. The number of carbonyl (C=O) groups is 1. The van der Waals surface area contributed by atoms with Crippen molar-refractivity contribution in [2.75, 3.05) is 12.4 Å². The number of nitrogens with one attached hydrogen (secondary N) is 1. The quantitative estimate of drug-likeness (QED) is 0.605. The van der Waals surface area contributed by atoms with Crippen molar-refractivity contribution >= 4 is 11.9 Å². The van der Waals surface area contributed by atoms with Gasteiger partial charge in [0.2, 0.25) is 11.8 Å². The summed E-state index contributed by atoms with van der Waals surface area (Å²) in [5.74, 6) is 0.274. The first-order chi connectivity index (χ1) is 13.6. The molecular formula is C21H22FN3O3. The normalized spacial score (nSPS) is 11.8. The molecule has 1 heterocycles. The Balaban J connectivity index is 1.70. The molecule has 0 spiro atoms. The Labute approximate surface area is 162 Å². The first-order valence-electron chi connectivity index (χ1n) is 9.13. The molecule has 146 valence electrons. The van der Waals surface area contributed by atoms with E-state index in [9.17, 15) is 9.18 Å². The molecule has 0 fully saturated rings. The third-order valence-electron chi connectivity index (χ3n) is 4.39. The molecule has 2 aromatic carbocycles. The van der Waals surface area contributed by atoms with Crippen LogP contribution in [-0.4, -0.2) is 23.2 Å². The van der Waals surface area contributed by atoms with Crippen LogP contribution in [0, 0.1) is 5.82 Å². The van der Waals surface area contributed by atoms with Crippen LogP contribution in [0.2, 0.25) is 0 Å². The van der Waals surface area contributed by atoms with E-state index < -0.39 is 5.82 Å². The highest BCUT2D eigenvalue weighted by atomic mass is 19.1. The van der Waals surface area contributed by atoms with Gasteiger partial charge in [-0.3, -0.25) is 10.1 Å². The van der Waals surface area contributed by atoms with Crippen LogP contribution in [0.3, 0.4) is 0 Å². The second-order valence-corrected chi connectivity index (χ2v) is 6.40. The molecule has 28 heavy (non-hydrogen) atoms. The van der Waals surface area contributed by atoms with Crippen LogP contribution in [0.4, 0.5) is 10.4 Å². The Hall–Kier alpha value is -3.22. The van der Waals surface area contributed by atoms with Crippen molar-refractivity contribution in [3.05, 3.63) is 59.9 Å². The van der Waals surface area contributed by atoms with Gasteiger partial charge in [0.05, 0.1) is 7.11 Å². The SMILES string of the molecule is CCCC(CC(=O)Nc1nnc(-c2cccc(F)c2)o1)c1ccccc1OC. The fourth-order valence-corrected chi connectivity index (χ4v) is 3.13. The van der Waals surface area contributed by atoms with Crippen molar-refractivity contribution in [2.45, 2.75) is 32.1 Å². The van der Waals surface area contributed by atoms with Gasteiger partial charge in [-0.1, -0.05) is 42.7 Å². The van der Waals surface area contributed by atoms with Crippen molar-refractivity contribution < 1.29 is 18.3 Å². The van der Waals surface area contributed by atoms with Crippen LogP contribution in [0.1, 0.15) is 37.7 Å². The van der Waals surface area contributed by atoms with Gasteiger partial charge in [0, 0.05) is 12.0 Å². The van der Waals surface area contributed by atoms with Crippen LogP contribution in [-0.2, 0) is 4.79 Å². The first-order valence-corrected chi connectivity index (χ1v) is 9.13. The van der Waals surface area contributed by atoms with Gasteiger partial charge in [-0.15, -0.1) is 5.10 Å². The van der Waals surface area contributed by atoms with E-state index >= 15 is 0 Å². The summed E-state index contributed by atoms with van der Waals surface area (Å²) in [6.45, 7) is 2.07. The minimum atomic E-state index is -0.402. The highest BCUT2D eigenvalue weighted by Crippen LogP contribution is 2.32. The monoisotopic (exact) mass is 383 g/mol. The molecule has 0 saturated carbocycles. The lowest BCUT2D eigenvalue weighted by molar-refractivity contribution is -0.116. The molecule has 3 aromatic rings. The highest BCUT2D eigenvalue weighted by molar-refractivity contribution is 5.89. The number of nitrogens with zero attached hydrogens (tertiary/aromatic N) is 2. The Bertz CT molecular complexity index is 942. The van der Waals surface area contributed by atoms with E-state index in [1.807, 2.05) is 24.3 Å². The molecule has 3 rings (SSSR count). The van der Waals surface area contributed by atoms with E-state index in [4.69, 9.17) is 9.15 Å². The molecule has 1 aromatic heterocycles. The Morgan fingerprint density at radius 3 is 2.79 bits per heavy atom. The molecule has 1 N–H and O–H groups in total.